The predicted molar refractivity (Wildman–Crippen MR) is 85.8 cm³/mol. The summed E-state index contributed by atoms with van der Waals surface area (Å²) >= 11 is 2.34. The van der Waals surface area contributed by atoms with Gasteiger partial charge >= 0.3 is 0 Å². The highest BCUT2D eigenvalue weighted by atomic mass is 127. The molecule has 3 nitrogen and oxygen atoms in total. The normalized spacial score (nSPS) is 17.4. The Balaban J connectivity index is 1.74. The van der Waals surface area contributed by atoms with E-state index in [1.165, 1.54) is 22.0 Å². The van der Waals surface area contributed by atoms with E-state index in [0.717, 1.165) is 26.2 Å². The van der Waals surface area contributed by atoms with Crippen LogP contribution in [0.3, 0.4) is 0 Å². The second-order valence-electron chi connectivity index (χ2n) is 5.28. The summed E-state index contributed by atoms with van der Waals surface area (Å²) in [6, 6.07) is 8.76. The van der Waals surface area contributed by atoms with Gasteiger partial charge in [0.15, 0.2) is 0 Å². The highest BCUT2D eigenvalue weighted by molar-refractivity contribution is 14.1. The summed E-state index contributed by atoms with van der Waals surface area (Å²) in [4.78, 5) is 13.4. The first-order valence-corrected chi connectivity index (χ1v) is 7.92. The molecule has 1 aliphatic heterocycles. The lowest BCUT2D eigenvalue weighted by atomic mass is 9.96. The Labute approximate surface area is 128 Å². The fraction of sp³-hybridized carbons (Fsp3) is 0.533. The Hall–Kier alpha value is -0.620. The van der Waals surface area contributed by atoms with E-state index in [4.69, 9.17) is 0 Å². The molecule has 4 heteroatoms. The molecule has 1 aromatic carbocycles. The smallest absolute Gasteiger partial charge is 0.216 e. The van der Waals surface area contributed by atoms with Gasteiger partial charge in [0.1, 0.15) is 0 Å². The topological polar surface area (TPSA) is 32.3 Å². The monoisotopic (exact) mass is 372 g/mol. The zero-order valence-corrected chi connectivity index (χ0v) is 13.5. The fourth-order valence-corrected chi connectivity index (χ4v) is 2.84. The van der Waals surface area contributed by atoms with Gasteiger partial charge in [0, 0.05) is 23.6 Å². The molecule has 0 saturated carbocycles. The first-order chi connectivity index (χ1) is 9.13. The maximum absolute atomic E-state index is 10.9. The van der Waals surface area contributed by atoms with E-state index < -0.39 is 0 Å². The van der Waals surface area contributed by atoms with Crippen LogP contribution in [0.1, 0.15) is 25.3 Å². The van der Waals surface area contributed by atoms with Gasteiger partial charge in [0.2, 0.25) is 5.91 Å². The molecule has 0 unspecified atom stereocenters. The molecule has 1 saturated heterocycles. The van der Waals surface area contributed by atoms with E-state index in [9.17, 15) is 4.79 Å². The summed E-state index contributed by atoms with van der Waals surface area (Å²) in [5, 5.41) is 2.93. The van der Waals surface area contributed by atoms with E-state index in [-0.39, 0.29) is 5.91 Å². The molecule has 1 N–H and O–H groups in total. The summed E-state index contributed by atoms with van der Waals surface area (Å²) in [5.41, 5.74) is 1.39. The van der Waals surface area contributed by atoms with Crippen molar-refractivity contribution in [3.63, 3.8) is 0 Å². The maximum atomic E-state index is 10.9. The number of halogens is 1. The summed E-state index contributed by atoms with van der Waals surface area (Å²) in [6.45, 7) is 5.74. The van der Waals surface area contributed by atoms with Crippen molar-refractivity contribution < 1.29 is 4.79 Å². The van der Waals surface area contributed by atoms with Crippen LogP contribution in [-0.4, -0.2) is 30.4 Å². The number of hydrogen-bond acceptors (Lipinski definition) is 2. The lowest BCUT2D eigenvalue weighted by Crippen LogP contribution is -2.37. The molecule has 0 aromatic heterocycles. The molecule has 0 spiro atoms. The quantitative estimate of drug-likeness (QED) is 0.825. The zero-order valence-electron chi connectivity index (χ0n) is 11.4. The summed E-state index contributed by atoms with van der Waals surface area (Å²) in [7, 11) is 0. The van der Waals surface area contributed by atoms with Crippen molar-refractivity contribution in [3.8, 4) is 0 Å². The highest BCUT2D eigenvalue weighted by Crippen LogP contribution is 2.18. The van der Waals surface area contributed by atoms with Crippen LogP contribution in [0.5, 0.6) is 0 Å². The Morgan fingerprint density at radius 1 is 1.32 bits per heavy atom. The largest absolute Gasteiger partial charge is 0.356 e. The molecule has 19 heavy (non-hydrogen) atoms. The Kier molecular flexibility index (Phi) is 5.63. The van der Waals surface area contributed by atoms with Gasteiger partial charge in [-0.2, -0.15) is 0 Å². The van der Waals surface area contributed by atoms with Crippen molar-refractivity contribution in [1.82, 2.24) is 10.2 Å². The van der Waals surface area contributed by atoms with Crippen molar-refractivity contribution in [1.29, 1.82) is 0 Å². The third kappa shape index (κ3) is 5.10. The minimum Gasteiger partial charge on any atom is -0.356 e. The second-order valence-corrected chi connectivity index (χ2v) is 6.53. The van der Waals surface area contributed by atoms with Crippen molar-refractivity contribution in [2.45, 2.75) is 26.3 Å². The molecule has 1 amide bonds. The number of amides is 1. The van der Waals surface area contributed by atoms with Crippen LogP contribution in [0.4, 0.5) is 0 Å². The van der Waals surface area contributed by atoms with Gasteiger partial charge in [-0.15, -0.1) is 0 Å². The van der Waals surface area contributed by atoms with Crippen molar-refractivity contribution in [3.05, 3.63) is 33.4 Å². The minimum atomic E-state index is 0.0846. The van der Waals surface area contributed by atoms with E-state index in [1.807, 2.05) is 0 Å². The lowest BCUT2D eigenvalue weighted by molar-refractivity contribution is -0.119. The number of nitrogens with zero attached hydrogens (tertiary/aromatic N) is 1. The van der Waals surface area contributed by atoms with Crippen LogP contribution in [-0.2, 0) is 11.3 Å². The van der Waals surface area contributed by atoms with Crippen molar-refractivity contribution in [2.75, 3.05) is 19.6 Å². The first-order valence-electron chi connectivity index (χ1n) is 6.85. The summed E-state index contributed by atoms with van der Waals surface area (Å²) < 4.78 is 1.29. The highest BCUT2D eigenvalue weighted by Gasteiger charge is 2.19. The van der Waals surface area contributed by atoms with E-state index in [0.29, 0.717) is 5.92 Å². The standard InChI is InChI=1S/C15H21IN2O/c1-12(19)17-10-13-6-8-18(9-7-13)11-14-2-4-15(16)5-3-14/h2-5,13H,6-11H2,1H3,(H,17,19). The second kappa shape index (κ2) is 7.24. The summed E-state index contributed by atoms with van der Waals surface area (Å²) in [5.74, 6) is 0.734. The lowest BCUT2D eigenvalue weighted by Gasteiger charge is -2.32. The molecule has 0 aliphatic carbocycles. The number of likely N-dealkylation sites (tertiary alicyclic amines) is 1. The third-order valence-electron chi connectivity index (χ3n) is 3.67. The van der Waals surface area contributed by atoms with Crippen LogP contribution in [0.15, 0.2) is 24.3 Å². The van der Waals surface area contributed by atoms with Crippen LogP contribution < -0.4 is 5.32 Å². The fourth-order valence-electron chi connectivity index (χ4n) is 2.48. The predicted octanol–water partition coefficient (Wildman–Crippen LogP) is 2.64. The molecule has 1 fully saturated rings. The molecule has 1 aromatic rings. The molecular weight excluding hydrogens is 351 g/mol. The Bertz CT molecular complexity index is 411. The average molecular weight is 372 g/mol. The number of piperidine rings is 1. The molecule has 0 radical (unpaired) electrons. The molecular formula is C15H21IN2O. The van der Waals surface area contributed by atoms with Crippen LogP contribution in [0, 0.1) is 9.49 Å². The van der Waals surface area contributed by atoms with E-state index in [2.05, 4.69) is 57.1 Å². The van der Waals surface area contributed by atoms with E-state index >= 15 is 0 Å². The number of carbonyl (C=O) groups is 1. The van der Waals surface area contributed by atoms with Crippen molar-refractivity contribution in [2.24, 2.45) is 5.92 Å². The number of rotatable bonds is 4. The van der Waals surface area contributed by atoms with Gasteiger partial charge in [-0.3, -0.25) is 9.69 Å². The maximum Gasteiger partial charge on any atom is 0.216 e. The molecule has 0 bridgehead atoms. The van der Waals surface area contributed by atoms with Crippen LogP contribution in [0.2, 0.25) is 0 Å². The SMILES string of the molecule is CC(=O)NCC1CCN(Cc2ccc(I)cc2)CC1. The van der Waals surface area contributed by atoms with E-state index in [1.54, 1.807) is 6.92 Å². The van der Waals surface area contributed by atoms with Crippen molar-refractivity contribution >= 4 is 28.5 Å². The molecule has 1 aliphatic rings. The average Bonchev–Trinajstić information content (AvgIpc) is 2.40. The minimum absolute atomic E-state index is 0.0846. The summed E-state index contributed by atoms with van der Waals surface area (Å²) in [6.07, 6.45) is 2.37. The molecule has 104 valence electrons. The molecule has 2 rings (SSSR count). The number of nitrogens with one attached hydrogen (secondary N) is 1. The van der Waals surface area contributed by atoms with Crippen LogP contribution in [0.25, 0.3) is 0 Å². The third-order valence-corrected chi connectivity index (χ3v) is 4.39. The van der Waals surface area contributed by atoms with Gasteiger partial charge in [0.25, 0.3) is 0 Å². The van der Waals surface area contributed by atoms with Gasteiger partial charge in [-0.25, -0.2) is 0 Å². The van der Waals surface area contributed by atoms with Crippen LogP contribution >= 0.6 is 22.6 Å². The first kappa shape index (κ1) is 14.8. The van der Waals surface area contributed by atoms with Gasteiger partial charge < -0.3 is 5.32 Å². The molecule has 1 heterocycles. The molecule has 0 atom stereocenters. The zero-order chi connectivity index (χ0) is 13.7. The number of carbonyl (C=O) groups excluding carboxylic acids is 1. The van der Waals surface area contributed by atoms with Gasteiger partial charge in [0.05, 0.1) is 0 Å². The van der Waals surface area contributed by atoms with Gasteiger partial charge in [-0.05, 0) is 72.1 Å². The number of benzene rings is 1. The van der Waals surface area contributed by atoms with Gasteiger partial charge in [-0.1, -0.05) is 12.1 Å². The Morgan fingerprint density at radius 2 is 1.95 bits per heavy atom. The Morgan fingerprint density at radius 3 is 2.53 bits per heavy atom. The number of hydrogen-bond donors (Lipinski definition) is 1.